The number of carbonyl (C=O) groups excluding carboxylic acids is 1. The molecule has 0 atom stereocenters. The molecule has 0 unspecified atom stereocenters. The van der Waals surface area contributed by atoms with Gasteiger partial charge in [-0.25, -0.2) is 4.39 Å². The van der Waals surface area contributed by atoms with Crippen LogP contribution in [0.1, 0.15) is 27.9 Å². The van der Waals surface area contributed by atoms with Gasteiger partial charge in [0.25, 0.3) is 5.91 Å². The summed E-state index contributed by atoms with van der Waals surface area (Å²) in [6.07, 6.45) is 1.53. The third-order valence-corrected chi connectivity index (χ3v) is 4.57. The number of benzene rings is 2. The lowest BCUT2D eigenvalue weighted by Gasteiger charge is -2.30. The van der Waals surface area contributed by atoms with Crippen molar-refractivity contribution in [3.05, 3.63) is 46.8 Å². The van der Waals surface area contributed by atoms with E-state index in [-0.39, 0.29) is 11.7 Å². The Labute approximate surface area is 152 Å². The number of fused-ring (bicyclic) bond motifs is 1. The van der Waals surface area contributed by atoms with Crippen LogP contribution in [-0.4, -0.2) is 33.8 Å². The first kappa shape index (κ1) is 18.0. The molecule has 2 aromatic rings. The van der Waals surface area contributed by atoms with Crippen molar-refractivity contribution in [1.29, 1.82) is 0 Å². The minimum Gasteiger partial charge on any atom is -0.496 e. The summed E-state index contributed by atoms with van der Waals surface area (Å²) < 4.78 is 30.5. The number of hydrogen-bond acceptors (Lipinski definition) is 4. The highest BCUT2D eigenvalue weighted by atomic mass is 19.1. The fourth-order valence-electron chi connectivity index (χ4n) is 3.38. The molecule has 3 rings (SSSR count). The lowest BCUT2D eigenvalue weighted by Crippen LogP contribution is -2.36. The largest absolute Gasteiger partial charge is 0.496 e. The molecule has 6 heteroatoms. The van der Waals surface area contributed by atoms with Gasteiger partial charge in [-0.3, -0.25) is 4.79 Å². The second-order valence-corrected chi connectivity index (χ2v) is 6.22. The molecule has 5 nitrogen and oxygen atoms in total. The summed E-state index contributed by atoms with van der Waals surface area (Å²) in [5, 5.41) is 0. The van der Waals surface area contributed by atoms with Gasteiger partial charge in [0.1, 0.15) is 11.6 Å². The number of ether oxygens (including phenoxy) is 3. The third-order valence-electron chi connectivity index (χ3n) is 4.57. The number of aryl methyl sites for hydroxylation is 2. The maximum absolute atomic E-state index is 14.6. The van der Waals surface area contributed by atoms with Gasteiger partial charge in [0, 0.05) is 18.7 Å². The zero-order chi connectivity index (χ0) is 18.8. The first-order chi connectivity index (χ1) is 12.5. The molecule has 0 spiro atoms. The van der Waals surface area contributed by atoms with Gasteiger partial charge < -0.3 is 19.1 Å². The lowest BCUT2D eigenvalue weighted by molar-refractivity contribution is 0.0980. The number of halogens is 1. The minimum atomic E-state index is -0.382. The average Bonchev–Trinajstić information content (AvgIpc) is 2.65. The summed E-state index contributed by atoms with van der Waals surface area (Å²) in [5.74, 6) is 0.520. The Kier molecular flexibility index (Phi) is 5.02. The number of anilines is 1. The highest BCUT2D eigenvalue weighted by Crippen LogP contribution is 2.38. The molecule has 26 heavy (non-hydrogen) atoms. The standard InChI is InChI=1S/C20H22FNO4/c1-12-8-13-6-5-7-22(19(13)15(21)9-12)20(23)14-10-17(25-3)18(26-4)11-16(14)24-2/h8-11H,5-7H2,1-4H3. The number of carbonyl (C=O) groups is 1. The van der Waals surface area contributed by atoms with E-state index in [1.54, 1.807) is 12.1 Å². The Morgan fingerprint density at radius 1 is 1.00 bits per heavy atom. The maximum atomic E-state index is 14.6. The molecular weight excluding hydrogens is 337 g/mol. The molecule has 0 saturated carbocycles. The lowest BCUT2D eigenvalue weighted by atomic mass is 9.98. The van der Waals surface area contributed by atoms with Crippen LogP contribution in [0.2, 0.25) is 0 Å². The zero-order valence-electron chi connectivity index (χ0n) is 15.4. The van der Waals surface area contributed by atoms with Crippen molar-refractivity contribution < 1.29 is 23.4 Å². The van der Waals surface area contributed by atoms with Gasteiger partial charge in [0.2, 0.25) is 0 Å². The highest BCUT2D eigenvalue weighted by molar-refractivity contribution is 6.09. The second-order valence-electron chi connectivity index (χ2n) is 6.22. The van der Waals surface area contributed by atoms with Crippen molar-refractivity contribution in [2.24, 2.45) is 0 Å². The molecular formula is C20H22FNO4. The number of hydrogen-bond donors (Lipinski definition) is 0. The van der Waals surface area contributed by atoms with Gasteiger partial charge in [-0.15, -0.1) is 0 Å². The first-order valence-corrected chi connectivity index (χ1v) is 8.41. The van der Waals surface area contributed by atoms with Gasteiger partial charge in [0.15, 0.2) is 11.5 Å². The smallest absolute Gasteiger partial charge is 0.262 e. The van der Waals surface area contributed by atoms with E-state index in [2.05, 4.69) is 0 Å². The topological polar surface area (TPSA) is 48.0 Å². The van der Waals surface area contributed by atoms with E-state index >= 15 is 0 Å². The normalized spacial score (nSPS) is 13.2. The molecule has 1 aliphatic rings. The van der Waals surface area contributed by atoms with Gasteiger partial charge in [-0.2, -0.15) is 0 Å². The summed E-state index contributed by atoms with van der Waals surface area (Å²) in [6.45, 7) is 2.30. The van der Waals surface area contributed by atoms with E-state index in [0.717, 1.165) is 24.0 Å². The molecule has 0 radical (unpaired) electrons. The van der Waals surface area contributed by atoms with E-state index < -0.39 is 0 Å². The first-order valence-electron chi connectivity index (χ1n) is 8.41. The van der Waals surface area contributed by atoms with Crippen LogP contribution in [0.4, 0.5) is 10.1 Å². The Hall–Kier alpha value is -2.76. The minimum absolute atomic E-state index is 0.304. The Balaban J connectivity index is 2.09. The van der Waals surface area contributed by atoms with Gasteiger partial charge in [-0.1, -0.05) is 6.07 Å². The number of methoxy groups -OCH3 is 3. The molecule has 0 saturated heterocycles. The molecule has 0 aliphatic carbocycles. The molecule has 138 valence electrons. The van der Waals surface area contributed by atoms with Crippen molar-refractivity contribution in [2.45, 2.75) is 19.8 Å². The van der Waals surface area contributed by atoms with Crippen LogP contribution in [0.25, 0.3) is 0 Å². The van der Waals surface area contributed by atoms with Crippen molar-refractivity contribution in [3.63, 3.8) is 0 Å². The SMILES string of the molecule is COc1cc(OC)c(C(=O)N2CCCc3cc(C)cc(F)c32)cc1OC. The van der Waals surface area contributed by atoms with Crippen LogP contribution in [-0.2, 0) is 6.42 Å². The number of rotatable bonds is 4. The highest BCUT2D eigenvalue weighted by Gasteiger charge is 2.29. The van der Waals surface area contributed by atoms with Gasteiger partial charge in [0.05, 0.1) is 32.6 Å². The van der Waals surface area contributed by atoms with Crippen LogP contribution in [0.5, 0.6) is 17.2 Å². The number of nitrogens with zero attached hydrogens (tertiary/aromatic N) is 1. The average molecular weight is 359 g/mol. The summed E-state index contributed by atoms with van der Waals surface area (Å²) >= 11 is 0. The van der Waals surface area contributed by atoms with E-state index in [1.165, 1.54) is 32.3 Å². The summed E-state index contributed by atoms with van der Waals surface area (Å²) in [4.78, 5) is 14.7. The fourth-order valence-corrected chi connectivity index (χ4v) is 3.38. The van der Waals surface area contributed by atoms with Crippen LogP contribution in [0.3, 0.4) is 0 Å². The van der Waals surface area contributed by atoms with Crippen LogP contribution >= 0.6 is 0 Å². The summed E-state index contributed by atoms with van der Waals surface area (Å²) in [7, 11) is 4.49. The van der Waals surface area contributed by atoms with Crippen molar-refractivity contribution in [1.82, 2.24) is 0 Å². The molecule has 2 aromatic carbocycles. The van der Waals surface area contributed by atoms with Crippen molar-refractivity contribution >= 4 is 11.6 Å². The third kappa shape index (κ3) is 3.07. The van der Waals surface area contributed by atoms with Gasteiger partial charge >= 0.3 is 0 Å². The molecule has 1 amide bonds. The number of amides is 1. The predicted molar refractivity (Wildman–Crippen MR) is 97.2 cm³/mol. The van der Waals surface area contributed by atoms with Crippen LogP contribution < -0.4 is 19.1 Å². The van der Waals surface area contributed by atoms with Crippen molar-refractivity contribution in [3.8, 4) is 17.2 Å². The maximum Gasteiger partial charge on any atom is 0.262 e. The van der Waals surface area contributed by atoms with E-state index in [4.69, 9.17) is 14.2 Å². The van der Waals surface area contributed by atoms with Gasteiger partial charge in [-0.05, 0) is 37.0 Å². The van der Waals surface area contributed by atoms with Crippen LogP contribution in [0.15, 0.2) is 24.3 Å². The molecule has 0 bridgehead atoms. The molecule has 1 aliphatic heterocycles. The Morgan fingerprint density at radius 2 is 1.65 bits per heavy atom. The van der Waals surface area contributed by atoms with Crippen LogP contribution in [0, 0.1) is 12.7 Å². The molecule has 1 heterocycles. The van der Waals surface area contributed by atoms with E-state index in [1.807, 2.05) is 13.0 Å². The summed E-state index contributed by atoms with van der Waals surface area (Å²) in [5.41, 5.74) is 2.35. The Bertz CT molecular complexity index is 850. The van der Waals surface area contributed by atoms with E-state index in [0.29, 0.717) is 35.0 Å². The molecule has 0 N–H and O–H groups in total. The Morgan fingerprint density at radius 3 is 2.31 bits per heavy atom. The molecule has 0 fully saturated rings. The quantitative estimate of drug-likeness (QED) is 0.834. The zero-order valence-corrected chi connectivity index (χ0v) is 15.4. The molecule has 0 aromatic heterocycles. The predicted octanol–water partition coefficient (Wildman–Crippen LogP) is 3.75. The fraction of sp³-hybridized carbons (Fsp3) is 0.350. The van der Waals surface area contributed by atoms with E-state index in [9.17, 15) is 9.18 Å². The second kappa shape index (κ2) is 7.23. The summed E-state index contributed by atoms with van der Waals surface area (Å²) in [6, 6.07) is 6.56. The van der Waals surface area contributed by atoms with Crippen molar-refractivity contribution in [2.75, 3.05) is 32.8 Å². The monoisotopic (exact) mass is 359 g/mol.